The Hall–Kier alpha value is -2.60. The van der Waals surface area contributed by atoms with Crippen LogP contribution in [0.15, 0.2) is 35.0 Å². The lowest BCUT2D eigenvalue weighted by Crippen LogP contribution is -2.28. The number of benzene rings is 1. The Morgan fingerprint density at radius 3 is 3.00 bits per heavy atom. The highest BCUT2D eigenvalue weighted by molar-refractivity contribution is 6.08. The first-order valence-electron chi connectivity index (χ1n) is 8.32. The molecule has 3 aromatic rings. The van der Waals surface area contributed by atoms with Crippen molar-refractivity contribution < 1.29 is 18.7 Å². The van der Waals surface area contributed by atoms with Crippen molar-refractivity contribution in [2.45, 2.75) is 12.3 Å². The van der Waals surface area contributed by atoms with Crippen LogP contribution in [0.3, 0.4) is 0 Å². The van der Waals surface area contributed by atoms with E-state index in [0.29, 0.717) is 37.4 Å². The van der Waals surface area contributed by atoms with E-state index in [1.165, 1.54) is 0 Å². The van der Waals surface area contributed by atoms with Gasteiger partial charge in [0.25, 0.3) is 0 Å². The Bertz CT molecular complexity index is 934. The van der Waals surface area contributed by atoms with E-state index >= 15 is 0 Å². The van der Waals surface area contributed by atoms with Gasteiger partial charge in [-0.1, -0.05) is 6.07 Å². The van der Waals surface area contributed by atoms with Gasteiger partial charge in [-0.05, 0) is 17.7 Å². The number of amides is 1. The van der Waals surface area contributed by atoms with Gasteiger partial charge in [-0.2, -0.15) is 0 Å². The Morgan fingerprint density at radius 2 is 2.20 bits per heavy atom. The number of hydrogen-bond donors (Lipinski definition) is 0. The number of rotatable bonds is 5. The van der Waals surface area contributed by atoms with Crippen LogP contribution in [-0.4, -0.2) is 49.7 Å². The van der Waals surface area contributed by atoms with Gasteiger partial charge in [-0.3, -0.25) is 9.78 Å². The SMILES string of the molecule is COCCN1CC(c2ccc(OC)c3oc4cnccc4c23)CC1=O. The van der Waals surface area contributed by atoms with Crippen molar-refractivity contribution in [3.8, 4) is 5.75 Å². The summed E-state index contributed by atoms with van der Waals surface area (Å²) in [6, 6.07) is 5.91. The largest absolute Gasteiger partial charge is 0.493 e. The number of nitrogens with zero attached hydrogens (tertiary/aromatic N) is 2. The standard InChI is InChI=1S/C19H20N2O4/c1-23-8-7-21-11-12(9-17(21)22)13-3-4-15(24-2)19-18(13)14-5-6-20-10-16(14)25-19/h3-6,10,12H,7-9,11H2,1-2H3. The van der Waals surface area contributed by atoms with E-state index in [9.17, 15) is 4.79 Å². The Labute approximate surface area is 145 Å². The van der Waals surface area contributed by atoms with Crippen molar-refractivity contribution in [3.63, 3.8) is 0 Å². The lowest BCUT2D eigenvalue weighted by atomic mass is 9.93. The summed E-state index contributed by atoms with van der Waals surface area (Å²) in [5.41, 5.74) is 2.56. The molecule has 0 saturated carbocycles. The van der Waals surface area contributed by atoms with Crippen molar-refractivity contribution >= 4 is 27.8 Å². The molecule has 1 atom stereocenters. The first-order valence-corrected chi connectivity index (χ1v) is 8.32. The number of furan rings is 1. The van der Waals surface area contributed by atoms with Gasteiger partial charge >= 0.3 is 0 Å². The highest BCUT2D eigenvalue weighted by Gasteiger charge is 2.32. The smallest absolute Gasteiger partial charge is 0.223 e. The highest BCUT2D eigenvalue weighted by Crippen LogP contribution is 2.41. The lowest BCUT2D eigenvalue weighted by molar-refractivity contribution is -0.128. The van der Waals surface area contributed by atoms with Gasteiger partial charge in [0, 0.05) is 49.5 Å². The molecular weight excluding hydrogens is 320 g/mol. The van der Waals surface area contributed by atoms with Gasteiger partial charge in [-0.25, -0.2) is 0 Å². The molecule has 3 heterocycles. The molecule has 0 aliphatic carbocycles. The van der Waals surface area contributed by atoms with Gasteiger partial charge < -0.3 is 18.8 Å². The molecule has 1 aromatic carbocycles. The number of hydrogen-bond acceptors (Lipinski definition) is 5. The van der Waals surface area contributed by atoms with Crippen LogP contribution in [0.1, 0.15) is 17.9 Å². The van der Waals surface area contributed by atoms with Gasteiger partial charge in [0.2, 0.25) is 5.91 Å². The molecule has 130 valence electrons. The first kappa shape index (κ1) is 15.9. The maximum Gasteiger partial charge on any atom is 0.223 e. The average molecular weight is 340 g/mol. The fourth-order valence-electron chi connectivity index (χ4n) is 3.63. The number of aromatic nitrogens is 1. The number of methoxy groups -OCH3 is 2. The summed E-state index contributed by atoms with van der Waals surface area (Å²) in [6.45, 7) is 1.87. The third kappa shape index (κ3) is 2.62. The molecule has 6 heteroatoms. The fourth-order valence-corrected chi connectivity index (χ4v) is 3.63. The van der Waals surface area contributed by atoms with E-state index in [4.69, 9.17) is 13.9 Å². The summed E-state index contributed by atoms with van der Waals surface area (Å²) >= 11 is 0. The predicted molar refractivity (Wildman–Crippen MR) is 93.9 cm³/mol. The van der Waals surface area contributed by atoms with Gasteiger partial charge in [0.05, 0.1) is 19.9 Å². The second-order valence-electron chi connectivity index (χ2n) is 6.27. The Morgan fingerprint density at radius 1 is 1.32 bits per heavy atom. The monoisotopic (exact) mass is 340 g/mol. The normalized spacial score (nSPS) is 17.8. The zero-order valence-electron chi connectivity index (χ0n) is 14.3. The summed E-state index contributed by atoms with van der Waals surface area (Å²) in [5.74, 6) is 0.989. The summed E-state index contributed by atoms with van der Waals surface area (Å²) in [6.07, 6.45) is 3.97. The van der Waals surface area contributed by atoms with Crippen LogP contribution < -0.4 is 4.74 Å². The molecule has 4 rings (SSSR count). The zero-order valence-corrected chi connectivity index (χ0v) is 14.3. The van der Waals surface area contributed by atoms with E-state index in [1.807, 2.05) is 23.1 Å². The first-order chi connectivity index (χ1) is 12.2. The molecule has 0 bridgehead atoms. The summed E-state index contributed by atoms with van der Waals surface area (Å²) in [4.78, 5) is 18.3. The van der Waals surface area contributed by atoms with Crippen LogP contribution in [0.25, 0.3) is 21.9 Å². The molecule has 1 unspecified atom stereocenters. The molecule has 0 spiro atoms. The Balaban J connectivity index is 1.81. The number of carbonyl (C=O) groups excluding carboxylic acids is 1. The number of likely N-dealkylation sites (tertiary alicyclic amines) is 1. The van der Waals surface area contributed by atoms with Crippen LogP contribution in [-0.2, 0) is 9.53 Å². The molecule has 1 amide bonds. The minimum atomic E-state index is 0.131. The van der Waals surface area contributed by atoms with Crippen molar-refractivity contribution in [1.82, 2.24) is 9.88 Å². The minimum Gasteiger partial charge on any atom is -0.493 e. The molecule has 6 nitrogen and oxygen atoms in total. The number of pyridine rings is 1. The fraction of sp³-hybridized carbons (Fsp3) is 0.368. The maximum atomic E-state index is 12.3. The lowest BCUT2D eigenvalue weighted by Gasteiger charge is -2.16. The van der Waals surface area contributed by atoms with Crippen LogP contribution in [0.4, 0.5) is 0 Å². The summed E-state index contributed by atoms with van der Waals surface area (Å²) in [5, 5.41) is 2.02. The van der Waals surface area contributed by atoms with Crippen LogP contribution >= 0.6 is 0 Å². The summed E-state index contributed by atoms with van der Waals surface area (Å²) < 4.78 is 16.6. The zero-order chi connectivity index (χ0) is 17.4. The van der Waals surface area contributed by atoms with E-state index in [-0.39, 0.29) is 11.8 Å². The van der Waals surface area contributed by atoms with E-state index in [1.54, 1.807) is 26.6 Å². The van der Waals surface area contributed by atoms with Crippen molar-refractivity contribution in [2.75, 3.05) is 33.9 Å². The third-order valence-corrected chi connectivity index (χ3v) is 4.86. The van der Waals surface area contributed by atoms with E-state index < -0.39 is 0 Å². The summed E-state index contributed by atoms with van der Waals surface area (Å²) in [7, 11) is 3.28. The minimum absolute atomic E-state index is 0.131. The quantitative estimate of drug-likeness (QED) is 0.714. The van der Waals surface area contributed by atoms with Crippen molar-refractivity contribution in [3.05, 3.63) is 36.2 Å². The molecule has 25 heavy (non-hydrogen) atoms. The average Bonchev–Trinajstić information content (AvgIpc) is 3.20. The van der Waals surface area contributed by atoms with E-state index in [0.717, 1.165) is 21.9 Å². The molecule has 0 N–H and O–H groups in total. The number of carbonyl (C=O) groups is 1. The molecule has 1 fully saturated rings. The second kappa shape index (κ2) is 6.37. The van der Waals surface area contributed by atoms with Crippen molar-refractivity contribution in [2.24, 2.45) is 0 Å². The molecule has 2 aromatic heterocycles. The molecule has 1 aliphatic heterocycles. The molecule has 1 saturated heterocycles. The molecule has 0 radical (unpaired) electrons. The van der Waals surface area contributed by atoms with Crippen LogP contribution in [0, 0.1) is 0 Å². The Kier molecular flexibility index (Phi) is 4.05. The number of fused-ring (bicyclic) bond motifs is 3. The third-order valence-electron chi connectivity index (χ3n) is 4.86. The van der Waals surface area contributed by atoms with Crippen LogP contribution in [0.5, 0.6) is 5.75 Å². The highest BCUT2D eigenvalue weighted by atomic mass is 16.5. The predicted octanol–water partition coefficient (Wildman–Crippen LogP) is 2.95. The maximum absolute atomic E-state index is 12.3. The van der Waals surface area contributed by atoms with Crippen LogP contribution in [0.2, 0.25) is 0 Å². The van der Waals surface area contributed by atoms with Gasteiger partial charge in [0.15, 0.2) is 16.9 Å². The van der Waals surface area contributed by atoms with E-state index in [2.05, 4.69) is 4.98 Å². The van der Waals surface area contributed by atoms with Gasteiger partial charge in [0.1, 0.15) is 0 Å². The molecular formula is C19H20N2O4. The van der Waals surface area contributed by atoms with Crippen molar-refractivity contribution in [1.29, 1.82) is 0 Å². The van der Waals surface area contributed by atoms with Gasteiger partial charge in [-0.15, -0.1) is 0 Å². The number of ether oxygens (including phenoxy) is 2. The molecule has 1 aliphatic rings. The topological polar surface area (TPSA) is 64.8 Å². The second-order valence-corrected chi connectivity index (χ2v) is 6.27.